The third-order valence-electron chi connectivity index (χ3n) is 1.55. The maximum Gasteiger partial charge on any atom is 0.0911 e. The van der Waals surface area contributed by atoms with E-state index < -0.39 is 0 Å². The third kappa shape index (κ3) is 3.41. The lowest BCUT2D eigenvalue weighted by molar-refractivity contribution is 0.481. The first-order valence-corrected chi connectivity index (χ1v) is 4.74. The molecule has 0 amide bonds. The van der Waals surface area contributed by atoms with Crippen molar-refractivity contribution in [3.8, 4) is 0 Å². The Morgan fingerprint density at radius 1 is 1.31 bits per heavy atom. The zero-order valence-electron chi connectivity index (χ0n) is 6.99. The smallest absolute Gasteiger partial charge is 0.0911 e. The molecule has 0 heterocycles. The Labute approximate surface area is 86.8 Å². The molecule has 0 spiro atoms. The second kappa shape index (κ2) is 5.30. The van der Waals surface area contributed by atoms with Gasteiger partial charge in [-0.05, 0) is 24.6 Å². The summed E-state index contributed by atoms with van der Waals surface area (Å²) in [6.07, 6.45) is 0.475. The molecule has 0 aromatic heterocycles. The number of benzene rings is 1. The van der Waals surface area contributed by atoms with E-state index in [0.29, 0.717) is 23.0 Å². The minimum atomic E-state index is -0.328. The number of hydrogen-bond donors (Lipinski definition) is 1. The quantitative estimate of drug-likeness (QED) is 0.764. The van der Waals surface area contributed by atoms with E-state index in [0.717, 1.165) is 5.69 Å². The van der Waals surface area contributed by atoms with Gasteiger partial charge in [-0.15, -0.1) is 0 Å². The van der Waals surface area contributed by atoms with Gasteiger partial charge in [0, 0.05) is 11.6 Å². The van der Waals surface area contributed by atoms with Crippen LogP contribution in [0.2, 0.25) is 10.0 Å². The molecule has 1 nitrogen and oxygen atoms in total. The molecule has 0 aliphatic heterocycles. The Morgan fingerprint density at radius 2 is 2.08 bits per heavy atom. The van der Waals surface area contributed by atoms with Gasteiger partial charge in [0.15, 0.2) is 0 Å². The molecule has 0 unspecified atom stereocenters. The Balaban J connectivity index is 2.59. The summed E-state index contributed by atoms with van der Waals surface area (Å²) in [5, 5.41) is 4.22. The van der Waals surface area contributed by atoms with Gasteiger partial charge in [-0.3, -0.25) is 4.39 Å². The van der Waals surface area contributed by atoms with Crippen LogP contribution in [-0.2, 0) is 0 Å². The van der Waals surface area contributed by atoms with E-state index >= 15 is 0 Å². The minimum Gasteiger partial charge on any atom is -0.384 e. The summed E-state index contributed by atoms with van der Waals surface area (Å²) in [5.41, 5.74) is 0.752. The first-order chi connectivity index (χ1) is 6.24. The monoisotopic (exact) mass is 221 g/mol. The molecule has 0 aliphatic rings. The molecule has 4 heteroatoms. The van der Waals surface area contributed by atoms with Crippen LogP contribution in [0.3, 0.4) is 0 Å². The molecular formula is C9H10Cl2FN. The fourth-order valence-electron chi connectivity index (χ4n) is 0.923. The van der Waals surface area contributed by atoms with Crippen LogP contribution in [0.25, 0.3) is 0 Å². The van der Waals surface area contributed by atoms with Crippen molar-refractivity contribution in [1.29, 1.82) is 0 Å². The highest BCUT2D eigenvalue weighted by molar-refractivity contribution is 6.35. The molecule has 0 bridgehead atoms. The van der Waals surface area contributed by atoms with Crippen molar-refractivity contribution in [1.82, 2.24) is 0 Å². The van der Waals surface area contributed by atoms with Crippen molar-refractivity contribution in [3.05, 3.63) is 28.2 Å². The Kier molecular flexibility index (Phi) is 4.33. The summed E-state index contributed by atoms with van der Waals surface area (Å²) in [4.78, 5) is 0. The van der Waals surface area contributed by atoms with Crippen LogP contribution in [0, 0.1) is 0 Å². The summed E-state index contributed by atoms with van der Waals surface area (Å²) in [7, 11) is 0. The van der Waals surface area contributed by atoms with Crippen molar-refractivity contribution in [2.75, 3.05) is 18.5 Å². The molecule has 0 aliphatic carbocycles. The van der Waals surface area contributed by atoms with Gasteiger partial charge >= 0.3 is 0 Å². The lowest BCUT2D eigenvalue weighted by atomic mass is 10.3. The number of hydrogen-bond acceptors (Lipinski definition) is 1. The molecule has 1 aromatic rings. The molecule has 1 aromatic carbocycles. The fraction of sp³-hybridized carbons (Fsp3) is 0.333. The van der Waals surface area contributed by atoms with Crippen LogP contribution in [0.15, 0.2) is 18.2 Å². The Hall–Kier alpha value is -0.470. The van der Waals surface area contributed by atoms with Gasteiger partial charge in [0.2, 0.25) is 0 Å². The number of anilines is 1. The SMILES string of the molecule is FCCCNc1cc(Cl)ccc1Cl. The molecule has 0 fully saturated rings. The van der Waals surface area contributed by atoms with Crippen LogP contribution < -0.4 is 5.32 Å². The highest BCUT2D eigenvalue weighted by atomic mass is 35.5. The standard InChI is InChI=1S/C9H10Cl2FN/c10-7-2-3-8(11)9(6-7)13-5-1-4-12/h2-3,6,13H,1,4-5H2. The maximum atomic E-state index is 11.8. The van der Waals surface area contributed by atoms with Gasteiger partial charge in [0.1, 0.15) is 0 Å². The Morgan fingerprint density at radius 3 is 2.77 bits per heavy atom. The van der Waals surface area contributed by atoms with Crippen LogP contribution in [0.4, 0.5) is 10.1 Å². The molecule has 0 saturated carbocycles. The lowest BCUT2D eigenvalue weighted by Crippen LogP contribution is -2.02. The summed E-state index contributed by atoms with van der Waals surface area (Å²) in [6.45, 7) is 0.238. The second-order valence-electron chi connectivity index (χ2n) is 2.59. The highest BCUT2D eigenvalue weighted by Crippen LogP contribution is 2.25. The highest BCUT2D eigenvalue weighted by Gasteiger charge is 1.99. The van der Waals surface area contributed by atoms with E-state index in [1.807, 2.05) is 0 Å². The third-order valence-corrected chi connectivity index (χ3v) is 2.12. The fourth-order valence-corrected chi connectivity index (χ4v) is 1.28. The van der Waals surface area contributed by atoms with E-state index in [4.69, 9.17) is 23.2 Å². The van der Waals surface area contributed by atoms with Crippen molar-refractivity contribution >= 4 is 28.9 Å². The van der Waals surface area contributed by atoms with Crippen LogP contribution in [-0.4, -0.2) is 13.2 Å². The molecular weight excluding hydrogens is 212 g/mol. The Bertz CT molecular complexity index is 278. The maximum absolute atomic E-state index is 11.8. The van der Waals surface area contributed by atoms with E-state index in [1.54, 1.807) is 18.2 Å². The number of rotatable bonds is 4. The van der Waals surface area contributed by atoms with Crippen molar-refractivity contribution in [2.45, 2.75) is 6.42 Å². The van der Waals surface area contributed by atoms with E-state index in [9.17, 15) is 4.39 Å². The number of nitrogens with one attached hydrogen (secondary N) is 1. The molecule has 1 N–H and O–H groups in total. The van der Waals surface area contributed by atoms with Crippen molar-refractivity contribution in [3.63, 3.8) is 0 Å². The van der Waals surface area contributed by atoms with Gasteiger partial charge in [0.25, 0.3) is 0 Å². The summed E-state index contributed by atoms with van der Waals surface area (Å²) < 4.78 is 11.8. The lowest BCUT2D eigenvalue weighted by Gasteiger charge is -2.06. The zero-order valence-corrected chi connectivity index (χ0v) is 8.50. The molecule has 0 saturated heterocycles. The second-order valence-corrected chi connectivity index (χ2v) is 3.44. The van der Waals surface area contributed by atoms with E-state index in [2.05, 4.69) is 5.32 Å². The van der Waals surface area contributed by atoms with Gasteiger partial charge in [-0.1, -0.05) is 23.2 Å². The number of halogens is 3. The van der Waals surface area contributed by atoms with Crippen molar-refractivity contribution < 1.29 is 4.39 Å². The summed E-state index contributed by atoms with van der Waals surface area (Å²) in [6, 6.07) is 5.15. The summed E-state index contributed by atoms with van der Waals surface area (Å²) in [5.74, 6) is 0. The first-order valence-electron chi connectivity index (χ1n) is 3.99. The van der Waals surface area contributed by atoms with Gasteiger partial charge in [0.05, 0.1) is 17.4 Å². The number of alkyl halides is 1. The average molecular weight is 222 g/mol. The average Bonchev–Trinajstić information content (AvgIpc) is 2.11. The molecule has 72 valence electrons. The van der Waals surface area contributed by atoms with Crippen LogP contribution in [0.1, 0.15) is 6.42 Å². The van der Waals surface area contributed by atoms with Gasteiger partial charge < -0.3 is 5.32 Å². The van der Waals surface area contributed by atoms with Crippen molar-refractivity contribution in [2.24, 2.45) is 0 Å². The topological polar surface area (TPSA) is 12.0 Å². The molecule has 13 heavy (non-hydrogen) atoms. The van der Waals surface area contributed by atoms with E-state index in [1.165, 1.54) is 0 Å². The largest absolute Gasteiger partial charge is 0.384 e. The molecule has 0 atom stereocenters. The normalized spacial score (nSPS) is 10.1. The van der Waals surface area contributed by atoms with E-state index in [-0.39, 0.29) is 6.67 Å². The predicted molar refractivity (Wildman–Crippen MR) is 55.5 cm³/mol. The first kappa shape index (κ1) is 10.6. The minimum absolute atomic E-state index is 0.328. The zero-order chi connectivity index (χ0) is 9.68. The van der Waals surface area contributed by atoms with Gasteiger partial charge in [-0.25, -0.2) is 0 Å². The van der Waals surface area contributed by atoms with Crippen LogP contribution in [0.5, 0.6) is 0 Å². The molecule has 1 rings (SSSR count). The van der Waals surface area contributed by atoms with Crippen LogP contribution >= 0.6 is 23.2 Å². The molecule has 0 radical (unpaired) electrons. The van der Waals surface area contributed by atoms with Gasteiger partial charge in [-0.2, -0.15) is 0 Å². The predicted octanol–water partition coefficient (Wildman–Crippen LogP) is 3.76. The summed E-state index contributed by atoms with van der Waals surface area (Å²) >= 11 is 11.6.